The zero-order valence-electron chi connectivity index (χ0n) is 7.89. The Bertz CT molecular complexity index is 158. The van der Waals surface area contributed by atoms with Gasteiger partial charge in [-0.25, -0.2) is 0 Å². The SMILES string of the molecule is CC(C)OB(N=[N+]=[N-])OC(C)C. The number of hydrogen-bond acceptors (Lipinski definition) is 3. The molecule has 0 aliphatic heterocycles. The molecule has 0 aliphatic rings. The van der Waals surface area contributed by atoms with E-state index in [0.717, 1.165) is 0 Å². The molecule has 0 rings (SSSR count). The zero-order valence-corrected chi connectivity index (χ0v) is 7.89. The van der Waals surface area contributed by atoms with E-state index in [2.05, 4.69) is 9.94 Å². The van der Waals surface area contributed by atoms with E-state index in [1.54, 1.807) is 0 Å². The van der Waals surface area contributed by atoms with E-state index in [-0.39, 0.29) is 12.2 Å². The topological polar surface area (TPSA) is 67.2 Å². The molecule has 0 aromatic rings. The molecule has 12 heavy (non-hydrogen) atoms. The van der Waals surface area contributed by atoms with Crippen LogP contribution in [0.15, 0.2) is 5.03 Å². The average Bonchev–Trinajstić information content (AvgIpc) is 1.84. The fraction of sp³-hybridized carbons (Fsp3) is 1.00. The second kappa shape index (κ2) is 5.88. The van der Waals surface area contributed by atoms with Crippen molar-refractivity contribution in [1.29, 1.82) is 0 Å². The summed E-state index contributed by atoms with van der Waals surface area (Å²) in [6, 6.07) is 0. The van der Waals surface area contributed by atoms with Crippen LogP contribution in [-0.2, 0) is 9.31 Å². The van der Waals surface area contributed by atoms with Crippen molar-refractivity contribution in [1.82, 2.24) is 0 Å². The summed E-state index contributed by atoms with van der Waals surface area (Å²) in [5, 5.41) is 3.34. The van der Waals surface area contributed by atoms with Gasteiger partial charge in [-0.1, -0.05) is 5.03 Å². The lowest BCUT2D eigenvalue weighted by atomic mass is 10.1. The van der Waals surface area contributed by atoms with Gasteiger partial charge in [0.1, 0.15) is 0 Å². The van der Waals surface area contributed by atoms with E-state index >= 15 is 0 Å². The molecule has 0 saturated heterocycles. The number of nitrogens with zero attached hydrogens (tertiary/aromatic N) is 3. The molecule has 0 fully saturated rings. The van der Waals surface area contributed by atoms with Crippen molar-refractivity contribution in [2.45, 2.75) is 39.9 Å². The minimum Gasteiger partial charge on any atom is -0.406 e. The van der Waals surface area contributed by atoms with Crippen molar-refractivity contribution < 1.29 is 9.31 Å². The lowest BCUT2D eigenvalue weighted by Crippen LogP contribution is -2.27. The van der Waals surface area contributed by atoms with Crippen LogP contribution in [0.5, 0.6) is 0 Å². The standard InChI is InChI=1S/C6H14BN3O2/c1-5(2)11-7(9-10-8)12-6(3)4/h5-6H,1-4H3. The summed E-state index contributed by atoms with van der Waals surface area (Å²) >= 11 is 0. The molecular formula is C6H14BN3O2. The third-order valence-electron chi connectivity index (χ3n) is 0.923. The van der Waals surface area contributed by atoms with E-state index in [9.17, 15) is 0 Å². The van der Waals surface area contributed by atoms with Gasteiger partial charge in [0.05, 0.1) is 0 Å². The van der Waals surface area contributed by atoms with Crippen LogP contribution in [-0.4, -0.2) is 19.5 Å². The van der Waals surface area contributed by atoms with Gasteiger partial charge >= 0.3 is 7.25 Å². The third-order valence-corrected chi connectivity index (χ3v) is 0.923. The van der Waals surface area contributed by atoms with Crippen LogP contribution >= 0.6 is 0 Å². The van der Waals surface area contributed by atoms with Crippen LogP contribution in [0.4, 0.5) is 0 Å². The average molecular weight is 171 g/mol. The minimum absolute atomic E-state index is 0.0146. The predicted octanol–water partition coefficient (Wildman–Crippen LogP) is 2.13. The molecule has 5 nitrogen and oxygen atoms in total. The van der Waals surface area contributed by atoms with Crippen molar-refractivity contribution in [3.05, 3.63) is 10.4 Å². The van der Waals surface area contributed by atoms with Crippen molar-refractivity contribution in [3.63, 3.8) is 0 Å². The molecule has 0 heterocycles. The van der Waals surface area contributed by atoms with Crippen molar-refractivity contribution in [2.24, 2.45) is 5.03 Å². The normalized spacial score (nSPS) is 10.2. The Morgan fingerprint density at radius 1 is 1.17 bits per heavy atom. The summed E-state index contributed by atoms with van der Waals surface area (Å²) in [4.78, 5) is 2.62. The Hall–Kier alpha value is -0.705. The second-order valence-corrected chi connectivity index (χ2v) is 2.88. The summed E-state index contributed by atoms with van der Waals surface area (Å²) in [6.07, 6.45) is -0.0292. The molecule has 6 heteroatoms. The Morgan fingerprint density at radius 2 is 1.58 bits per heavy atom. The Morgan fingerprint density at radius 3 is 1.83 bits per heavy atom. The van der Waals surface area contributed by atoms with Crippen LogP contribution in [0.25, 0.3) is 10.4 Å². The first-order valence-electron chi connectivity index (χ1n) is 3.91. The summed E-state index contributed by atoms with van der Waals surface area (Å²) in [5.41, 5.74) is 8.16. The highest BCUT2D eigenvalue weighted by Gasteiger charge is 2.18. The first-order chi connectivity index (χ1) is 5.56. The fourth-order valence-electron chi connectivity index (χ4n) is 0.594. The van der Waals surface area contributed by atoms with Crippen molar-refractivity contribution in [3.8, 4) is 0 Å². The van der Waals surface area contributed by atoms with E-state index in [0.29, 0.717) is 0 Å². The molecule has 0 atom stereocenters. The van der Waals surface area contributed by atoms with Gasteiger partial charge in [0, 0.05) is 12.2 Å². The molecule has 0 bridgehead atoms. The van der Waals surface area contributed by atoms with Gasteiger partial charge in [0.15, 0.2) is 0 Å². The van der Waals surface area contributed by atoms with Gasteiger partial charge in [0.25, 0.3) is 0 Å². The molecule has 0 unspecified atom stereocenters. The Labute approximate surface area is 72.8 Å². The lowest BCUT2D eigenvalue weighted by molar-refractivity contribution is 0.130. The van der Waals surface area contributed by atoms with Gasteiger partial charge < -0.3 is 9.31 Å². The monoisotopic (exact) mass is 171 g/mol. The van der Waals surface area contributed by atoms with Crippen LogP contribution in [0.1, 0.15) is 27.7 Å². The second-order valence-electron chi connectivity index (χ2n) is 2.88. The van der Waals surface area contributed by atoms with Crippen molar-refractivity contribution >= 4 is 7.25 Å². The maximum atomic E-state index is 8.16. The molecule has 0 radical (unpaired) electrons. The zero-order chi connectivity index (χ0) is 9.56. The summed E-state index contributed by atoms with van der Waals surface area (Å²) in [5.74, 6) is 0. The van der Waals surface area contributed by atoms with Crippen LogP contribution in [0.2, 0.25) is 0 Å². The van der Waals surface area contributed by atoms with E-state index in [1.807, 2.05) is 27.7 Å². The van der Waals surface area contributed by atoms with E-state index in [4.69, 9.17) is 14.8 Å². The molecular weight excluding hydrogens is 157 g/mol. The van der Waals surface area contributed by atoms with Gasteiger partial charge in [-0.15, -0.1) is 0 Å². The maximum Gasteiger partial charge on any atom is 0.548 e. The first kappa shape index (κ1) is 11.3. The highest BCUT2D eigenvalue weighted by atomic mass is 16.6. The highest BCUT2D eigenvalue weighted by molar-refractivity contribution is 6.42. The van der Waals surface area contributed by atoms with Crippen molar-refractivity contribution in [2.75, 3.05) is 0 Å². The van der Waals surface area contributed by atoms with Gasteiger partial charge in [-0.2, -0.15) is 0 Å². The number of rotatable bonds is 5. The Kier molecular flexibility index (Phi) is 5.54. The maximum absolute atomic E-state index is 8.16. The highest BCUT2D eigenvalue weighted by Crippen LogP contribution is 2.01. The number of azide groups is 1. The van der Waals surface area contributed by atoms with Crippen LogP contribution in [0.3, 0.4) is 0 Å². The molecule has 0 spiro atoms. The lowest BCUT2D eigenvalue weighted by Gasteiger charge is -2.15. The molecule has 0 N–H and O–H groups in total. The van der Waals surface area contributed by atoms with Gasteiger partial charge in [0.2, 0.25) is 0 Å². The molecule has 0 saturated carbocycles. The third kappa shape index (κ3) is 6.03. The summed E-state index contributed by atoms with van der Waals surface area (Å²) < 4.78 is 10.3. The van der Waals surface area contributed by atoms with Crippen LogP contribution < -0.4 is 0 Å². The largest absolute Gasteiger partial charge is 0.548 e. The van der Waals surface area contributed by atoms with E-state index < -0.39 is 7.25 Å². The Balaban J connectivity index is 3.95. The quantitative estimate of drug-likeness (QED) is 0.275. The van der Waals surface area contributed by atoms with Crippen LogP contribution in [0, 0.1) is 0 Å². The summed E-state index contributed by atoms with van der Waals surface area (Å²) in [6.45, 7) is 7.40. The fourth-order valence-corrected chi connectivity index (χ4v) is 0.594. The number of hydrogen-bond donors (Lipinski definition) is 0. The van der Waals surface area contributed by atoms with Gasteiger partial charge in [-0.3, -0.25) is 0 Å². The molecule has 0 aromatic carbocycles. The first-order valence-corrected chi connectivity index (χ1v) is 3.91. The predicted molar refractivity (Wildman–Crippen MR) is 47.3 cm³/mol. The molecule has 0 amide bonds. The van der Waals surface area contributed by atoms with Gasteiger partial charge in [-0.05, 0) is 38.1 Å². The van der Waals surface area contributed by atoms with E-state index in [1.165, 1.54) is 0 Å². The smallest absolute Gasteiger partial charge is 0.406 e. The molecule has 0 aromatic heterocycles. The minimum atomic E-state index is -0.810. The molecule has 0 aliphatic carbocycles. The summed E-state index contributed by atoms with van der Waals surface area (Å²) in [7, 11) is -0.810. The molecule has 68 valence electrons.